The number of ether oxygens (including phenoxy) is 1. The minimum absolute atomic E-state index is 0.0393. The van der Waals surface area contributed by atoms with Crippen LogP contribution in [0.25, 0.3) is 0 Å². The van der Waals surface area contributed by atoms with E-state index < -0.39 is 0 Å². The van der Waals surface area contributed by atoms with Crippen molar-refractivity contribution in [2.45, 2.75) is 20.0 Å². The highest BCUT2D eigenvalue weighted by Gasteiger charge is 2.17. The number of hydrogen-bond acceptors (Lipinski definition) is 4. The Morgan fingerprint density at radius 1 is 0.906 bits per heavy atom. The largest absolute Gasteiger partial charge is 0.497 e. The Bertz CT molecular complexity index is 1020. The van der Waals surface area contributed by atoms with Crippen molar-refractivity contribution in [3.63, 3.8) is 0 Å². The molecule has 0 saturated carbocycles. The third-order valence-corrected chi connectivity index (χ3v) is 5.98. The molecule has 0 unspecified atom stereocenters. The minimum atomic E-state index is -0.0393. The van der Waals surface area contributed by atoms with Crippen molar-refractivity contribution in [2.75, 3.05) is 38.2 Å². The third-order valence-electron chi connectivity index (χ3n) is 5.98. The molecule has 0 atom stereocenters. The maximum atomic E-state index is 12.4. The molecule has 0 aliphatic carbocycles. The predicted molar refractivity (Wildman–Crippen MR) is 129 cm³/mol. The van der Waals surface area contributed by atoms with E-state index in [2.05, 4.69) is 51.5 Å². The van der Waals surface area contributed by atoms with E-state index in [0.717, 1.165) is 49.6 Å². The highest BCUT2D eigenvalue weighted by molar-refractivity contribution is 5.94. The van der Waals surface area contributed by atoms with Gasteiger partial charge < -0.3 is 15.0 Å². The summed E-state index contributed by atoms with van der Waals surface area (Å²) in [6.07, 6.45) is 0. The topological polar surface area (TPSA) is 44.8 Å². The molecule has 5 heteroatoms. The Hall–Kier alpha value is -3.31. The number of nitrogens with one attached hydrogen (secondary N) is 1. The highest BCUT2D eigenvalue weighted by atomic mass is 16.5. The Balaban J connectivity index is 1.28. The highest BCUT2D eigenvalue weighted by Crippen LogP contribution is 2.20. The average molecular weight is 430 g/mol. The lowest BCUT2D eigenvalue weighted by Crippen LogP contribution is -2.46. The van der Waals surface area contributed by atoms with Crippen molar-refractivity contribution >= 4 is 11.6 Å². The molecule has 1 aliphatic rings. The number of amides is 1. The molecule has 1 N–H and O–H groups in total. The van der Waals surface area contributed by atoms with Gasteiger partial charge in [0.15, 0.2) is 0 Å². The molecule has 1 fully saturated rings. The van der Waals surface area contributed by atoms with Crippen LogP contribution >= 0.6 is 0 Å². The van der Waals surface area contributed by atoms with Crippen molar-refractivity contribution in [3.8, 4) is 5.75 Å². The van der Waals surface area contributed by atoms with Gasteiger partial charge in [-0.3, -0.25) is 9.69 Å². The molecule has 3 aromatic rings. The molecule has 32 heavy (non-hydrogen) atoms. The third kappa shape index (κ3) is 5.68. The summed E-state index contributed by atoms with van der Waals surface area (Å²) in [5.74, 6) is 0.857. The van der Waals surface area contributed by atoms with Crippen LogP contribution in [0.4, 0.5) is 5.69 Å². The number of carbonyl (C=O) groups excluding carboxylic acids is 1. The van der Waals surface area contributed by atoms with Gasteiger partial charge in [-0.1, -0.05) is 42.0 Å². The minimum Gasteiger partial charge on any atom is -0.497 e. The predicted octanol–water partition coefficient (Wildman–Crippen LogP) is 4.26. The molecule has 4 rings (SSSR count). The molecule has 0 aromatic heterocycles. The van der Waals surface area contributed by atoms with Crippen LogP contribution < -0.4 is 15.0 Å². The van der Waals surface area contributed by atoms with Gasteiger partial charge in [0.25, 0.3) is 5.91 Å². The van der Waals surface area contributed by atoms with E-state index in [1.54, 1.807) is 7.11 Å². The fourth-order valence-electron chi connectivity index (χ4n) is 4.01. The van der Waals surface area contributed by atoms with Crippen LogP contribution in [0.5, 0.6) is 5.75 Å². The molecular formula is C27H31N3O2. The number of aryl methyl sites for hydroxylation is 1. The number of piperazine rings is 1. The van der Waals surface area contributed by atoms with Crippen LogP contribution in [0.3, 0.4) is 0 Å². The van der Waals surface area contributed by atoms with Crippen molar-refractivity contribution in [3.05, 3.63) is 95.1 Å². The quantitative estimate of drug-likeness (QED) is 0.610. The SMILES string of the molecule is COc1ccc(CN2CCN(c3cccc(CNC(=O)c4ccc(C)cc4)c3)CC2)cc1. The summed E-state index contributed by atoms with van der Waals surface area (Å²) in [6.45, 7) is 7.55. The maximum absolute atomic E-state index is 12.4. The summed E-state index contributed by atoms with van der Waals surface area (Å²) < 4.78 is 5.25. The van der Waals surface area contributed by atoms with Gasteiger partial charge in [-0.2, -0.15) is 0 Å². The summed E-state index contributed by atoms with van der Waals surface area (Å²) in [5.41, 5.74) is 5.49. The second-order valence-corrected chi connectivity index (χ2v) is 8.33. The maximum Gasteiger partial charge on any atom is 0.251 e. The number of nitrogens with zero attached hydrogens (tertiary/aromatic N) is 2. The lowest BCUT2D eigenvalue weighted by Gasteiger charge is -2.36. The standard InChI is InChI=1S/C27H31N3O2/c1-21-6-10-24(11-7-21)27(31)28-19-23-4-3-5-25(18-23)30-16-14-29(15-17-30)20-22-8-12-26(32-2)13-9-22/h3-13,18H,14-17,19-20H2,1-2H3,(H,28,31). The van der Waals surface area contributed by atoms with Crippen LogP contribution in [0.1, 0.15) is 27.0 Å². The van der Waals surface area contributed by atoms with Gasteiger partial charge in [-0.05, 0) is 54.4 Å². The lowest BCUT2D eigenvalue weighted by molar-refractivity contribution is 0.0951. The van der Waals surface area contributed by atoms with Crippen LogP contribution in [0.2, 0.25) is 0 Å². The fraction of sp³-hybridized carbons (Fsp3) is 0.296. The monoisotopic (exact) mass is 429 g/mol. The van der Waals surface area contributed by atoms with Crippen molar-refractivity contribution < 1.29 is 9.53 Å². The van der Waals surface area contributed by atoms with Crippen LogP contribution in [0.15, 0.2) is 72.8 Å². The summed E-state index contributed by atoms with van der Waals surface area (Å²) in [5, 5.41) is 3.03. The fourth-order valence-corrected chi connectivity index (χ4v) is 4.01. The Morgan fingerprint density at radius 3 is 2.31 bits per heavy atom. The number of benzene rings is 3. The average Bonchev–Trinajstić information content (AvgIpc) is 2.84. The van der Waals surface area contributed by atoms with E-state index >= 15 is 0 Å². The summed E-state index contributed by atoms with van der Waals surface area (Å²) in [4.78, 5) is 17.3. The Kier molecular flexibility index (Phi) is 7.07. The molecule has 0 radical (unpaired) electrons. The van der Waals surface area contributed by atoms with Crippen LogP contribution in [0, 0.1) is 6.92 Å². The molecule has 1 saturated heterocycles. The molecule has 1 amide bonds. The number of anilines is 1. The van der Waals surface area contributed by atoms with E-state index in [1.807, 2.05) is 43.3 Å². The first-order valence-corrected chi connectivity index (χ1v) is 11.1. The van der Waals surface area contributed by atoms with Crippen LogP contribution in [-0.2, 0) is 13.1 Å². The number of hydrogen-bond donors (Lipinski definition) is 1. The molecule has 3 aromatic carbocycles. The van der Waals surface area contributed by atoms with Crippen LogP contribution in [-0.4, -0.2) is 44.1 Å². The second kappa shape index (κ2) is 10.3. The zero-order chi connectivity index (χ0) is 22.3. The molecule has 5 nitrogen and oxygen atoms in total. The zero-order valence-corrected chi connectivity index (χ0v) is 18.9. The van der Waals surface area contributed by atoms with Gasteiger partial charge in [0.1, 0.15) is 5.75 Å². The van der Waals surface area contributed by atoms with E-state index in [-0.39, 0.29) is 5.91 Å². The number of carbonyl (C=O) groups is 1. The normalized spacial score (nSPS) is 14.2. The number of methoxy groups -OCH3 is 1. The van der Waals surface area contributed by atoms with Crippen molar-refractivity contribution in [1.82, 2.24) is 10.2 Å². The summed E-state index contributed by atoms with van der Waals surface area (Å²) in [6, 6.07) is 24.5. The van der Waals surface area contributed by atoms with Gasteiger partial charge in [0, 0.05) is 50.5 Å². The van der Waals surface area contributed by atoms with Gasteiger partial charge in [-0.25, -0.2) is 0 Å². The van der Waals surface area contributed by atoms with Gasteiger partial charge in [0.2, 0.25) is 0 Å². The van der Waals surface area contributed by atoms with E-state index in [4.69, 9.17) is 4.74 Å². The van der Waals surface area contributed by atoms with Gasteiger partial charge in [-0.15, -0.1) is 0 Å². The summed E-state index contributed by atoms with van der Waals surface area (Å²) >= 11 is 0. The molecular weight excluding hydrogens is 398 g/mol. The van der Waals surface area contributed by atoms with E-state index in [9.17, 15) is 4.79 Å². The van der Waals surface area contributed by atoms with Gasteiger partial charge in [0.05, 0.1) is 7.11 Å². The second-order valence-electron chi connectivity index (χ2n) is 8.33. The zero-order valence-electron chi connectivity index (χ0n) is 18.9. The first-order chi connectivity index (χ1) is 15.6. The van der Waals surface area contributed by atoms with Gasteiger partial charge >= 0.3 is 0 Å². The Morgan fingerprint density at radius 2 is 1.62 bits per heavy atom. The molecule has 0 bridgehead atoms. The molecule has 0 spiro atoms. The van der Waals surface area contributed by atoms with E-state index in [1.165, 1.54) is 11.3 Å². The van der Waals surface area contributed by atoms with E-state index in [0.29, 0.717) is 12.1 Å². The smallest absolute Gasteiger partial charge is 0.251 e. The van der Waals surface area contributed by atoms with Crippen molar-refractivity contribution in [1.29, 1.82) is 0 Å². The Labute approximate surface area is 190 Å². The number of rotatable bonds is 7. The lowest BCUT2D eigenvalue weighted by atomic mass is 10.1. The first-order valence-electron chi connectivity index (χ1n) is 11.1. The first kappa shape index (κ1) is 21.9. The summed E-state index contributed by atoms with van der Waals surface area (Å²) in [7, 11) is 1.70. The molecule has 1 aliphatic heterocycles. The van der Waals surface area contributed by atoms with Crippen molar-refractivity contribution in [2.24, 2.45) is 0 Å². The molecule has 1 heterocycles. The molecule has 166 valence electrons.